The van der Waals surface area contributed by atoms with Crippen molar-refractivity contribution in [3.05, 3.63) is 144 Å². The Morgan fingerprint density at radius 2 is 1.06 bits per heavy atom. The summed E-state index contributed by atoms with van der Waals surface area (Å²) in [5.74, 6) is 5.11. The molecule has 4 fully saturated rings. The van der Waals surface area contributed by atoms with Crippen LogP contribution in [0.5, 0.6) is 0 Å². The lowest BCUT2D eigenvalue weighted by Gasteiger charge is -2.61. The summed E-state index contributed by atoms with van der Waals surface area (Å²) in [5, 5.41) is 0. The van der Waals surface area contributed by atoms with Crippen LogP contribution < -0.4 is 0 Å². The number of aromatic nitrogens is 3. The van der Waals surface area contributed by atoms with Crippen molar-refractivity contribution in [2.24, 2.45) is 23.7 Å². The quantitative estimate of drug-likeness (QED) is 0.185. The van der Waals surface area contributed by atoms with Crippen LogP contribution >= 0.6 is 0 Å². The largest absolute Gasteiger partial charge is 0.238 e. The molecule has 4 nitrogen and oxygen atoms in total. The number of nitrogens with zero attached hydrogens (tertiary/aromatic N) is 4. The lowest BCUT2D eigenvalue weighted by Crippen LogP contribution is -2.55. The van der Waals surface area contributed by atoms with Gasteiger partial charge in [-0.25, -0.2) is 19.8 Å². The molecule has 4 heteroatoms. The molecule has 0 atom stereocenters. The molecule has 1 aromatic heterocycles. The summed E-state index contributed by atoms with van der Waals surface area (Å²) in [4.78, 5) is 18.9. The summed E-state index contributed by atoms with van der Waals surface area (Å²) in [5.41, 5.74) is 11.9. The lowest BCUT2D eigenvalue weighted by molar-refractivity contribution is -0.0399. The van der Waals surface area contributed by atoms with Crippen molar-refractivity contribution in [2.45, 2.75) is 37.5 Å². The minimum absolute atomic E-state index is 0.00188. The van der Waals surface area contributed by atoms with Crippen molar-refractivity contribution < 1.29 is 0 Å². The standard InChI is InChI=1S/C44H34N4/c1-45-35-18-15-29(16-19-35)36-13-8-14-38-40(36)37-20-17-32(26-39(37)44(38)33-22-27-21-28(24-33)25-34(44)23-27)43-47-41(30-9-4-2-5-10-30)46-42(48-43)31-11-6-3-7-12-31/h2-20,26-28,33-34H,21-25H2. The molecule has 0 N–H and O–H groups in total. The van der Waals surface area contributed by atoms with E-state index in [1.165, 1.54) is 65.5 Å². The van der Waals surface area contributed by atoms with E-state index in [2.05, 4.69) is 77.6 Å². The molecule has 5 aromatic carbocycles. The van der Waals surface area contributed by atoms with E-state index in [4.69, 9.17) is 21.5 Å². The van der Waals surface area contributed by atoms with Gasteiger partial charge in [0, 0.05) is 22.1 Å². The molecule has 0 saturated heterocycles. The van der Waals surface area contributed by atoms with E-state index in [9.17, 15) is 0 Å². The number of hydrogen-bond donors (Lipinski definition) is 0. The van der Waals surface area contributed by atoms with Crippen molar-refractivity contribution in [3.8, 4) is 56.4 Å². The minimum atomic E-state index is -0.00188. The Bertz CT molecular complexity index is 2160. The third kappa shape index (κ3) is 4.04. The first kappa shape index (κ1) is 27.7. The highest BCUT2D eigenvalue weighted by atomic mass is 15.0. The van der Waals surface area contributed by atoms with Gasteiger partial charge in [0.15, 0.2) is 23.2 Å². The average molecular weight is 619 g/mol. The maximum Gasteiger partial charge on any atom is 0.187 e. The zero-order valence-electron chi connectivity index (χ0n) is 26.7. The van der Waals surface area contributed by atoms with Gasteiger partial charge in [-0.15, -0.1) is 0 Å². The van der Waals surface area contributed by atoms with Crippen LogP contribution in [0.25, 0.3) is 61.3 Å². The monoisotopic (exact) mass is 618 g/mol. The van der Waals surface area contributed by atoms with Crippen LogP contribution in [-0.4, -0.2) is 15.0 Å². The second-order valence-corrected chi connectivity index (χ2v) is 14.4. The van der Waals surface area contributed by atoms with E-state index in [1.54, 1.807) is 0 Å². The molecule has 0 aliphatic heterocycles. The second kappa shape index (κ2) is 10.6. The minimum Gasteiger partial charge on any atom is -0.238 e. The predicted octanol–water partition coefficient (Wildman–Crippen LogP) is 10.8. The highest BCUT2D eigenvalue weighted by Crippen LogP contribution is 2.70. The van der Waals surface area contributed by atoms with Gasteiger partial charge in [0.2, 0.25) is 0 Å². The third-order valence-electron chi connectivity index (χ3n) is 11.9. The molecule has 0 amide bonds. The molecule has 11 rings (SSSR count). The fourth-order valence-electron chi connectivity index (χ4n) is 10.3. The third-order valence-corrected chi connectivity index (χ3v) is 11.9. The van der Waals surface area contributed by atoms with Crippen molar-refractivity contribution in [1.29, 1.82) is 0 Å². The summed E-state index contributed by atoms with van der Waals surface area (Å²) < 4.78 is 0. The summed E-state index contributed by atoms with van der Waals surface area (Å²) in [7, 11) is 0. The Kier molecular flexibility index (Phi) is 6.09. The van der Waals surface area contributed by atoms with E-state index < -0.39 is 0 Å². The van der Waals surface area contributed by atoms with Crippen molar-refractivity contribution >= 4 is 5.69 Å². The van der Waals surface area contributed by atoms with Gasteiger partial charge in [0.25, 0.3) is 0 Å². The summed E-state index contributed by atoms with van der Waals surface area (Å²) in [6.45, 7) is 7.49. The Labute approximate surface area is 281 Å². The lowest BCUT2D eigenvalue weighted by atomic mass is 9.43. The van der Waals surface area contributed by atoms with Gasteiger partial charge in [-0.1, -0.05) is 115 Å². The van der Waals surface area contributed by atoms with E-state index in [-0.39, 0.29) is 5.41 Å². The Balaban J connectivity index is 1.20. The number of hydrogen-bond acceptors (Lipinski definition) is 3. The van der Waals surface area contributed by atoms with Gasteiger partial charge >= 0.3 is 0 Å². The van der Waals surface area contributed by atoms with Crippen LogP contribution in [0.1, 0.15) is 43.2 Å². The molecule has 48 heavy (non-hydrogen) atoms. The van der Waals surface area contributed by atoms with Crippen LogP contribution in [0.4, 0.5) is 5.69 Å². The van der Waals surface area contributed by atoms with Gasteiger partial charge in [0.1, 0.15) is 0 Å². The first-order valence-electron chi connectivity index (χ1n) is 17.3. The molecule has 5 aliphatic carbocycles. The van der Waals surface area contributed by atoms with Crippen LogP contribution in [0.15, 0.2) is 121 Å². The number of fused-ring (bicyclic) bond motifs is 3. The molecular weight excluding hydrogens is 585 g/mol. The zero-order chi connectivity index (χ0) is 31.8. The fourth-order valence-corrected chi connectivity index (χ4v) is 10.3. The molecule has 5 aliphatic rings. The summed E-state index contributed by atoms with van der Waals surface area (Å²) in [6.07, 6.45) is 6.71. The average Bonchev–Trinajstić information content (AvgIpc) is 3.44. The summed E-state index contributed by atoms with van der Waals surface area (Å²) >= 11 is 0. The van der Waals surface area contributed by atoms with Crippen molar-refractivity contribution in [3.63, 3.8) is 0 Å². The van der Waals surface area contributed by atoms with Gasteiger partial charge in [0.05, 0.1) is 6.57 Å². The van der Waals surface area contributed by atoms with E-state index in [0.29, 0.717) is 29.2 Å². The van der Waals surface area contributed by atoms with Crippen molar-refractivity contribution in [2.75, 3.05) is 0 Å². The SMILES string of the molecule is [C-]#[N+]c1ccc(-c2cccc3c2-c2ccc(-c4nc(-c5ccccc5)nc(-c5ccccc5)n4)cc2C32C3CC4CC(C3)CC2C4)cc1. The highest BCUT2D eigenvalue weighted by molar-refractivity contribution is 5.94. The van der Waals surface area contributed by atoms with Gasteiger partial charge in [-0.05, 0) is 95.2 Å². The van der Waals surface area contributed by atoms with E-state index in [0.717, 1.165) is 34.4 Å². The molecule has 0 radical (unpaired) electrons. The van der Waals surface area contributed by atoms with Gasteiger partial charge < -0.3 is 0 Å². The van der Waals surface area contributed by atoms with Crippen LogP contribution in [0.2, 0.25) is 0 Å². The van der Waals surface area contributed by atoms with Crippen molar-refractivity contribution in [1.82, 2.24) is 15.0 Å². The zero-order valence-corrected chi connectivity index (χ0v) is 26.7. The first-order valence-corrected chi connectivity index (χ1v) is 17.3. The fraction of sp³-hybridized carbons (Fsp3) is 0.227. The molecular formula is C44H34N4. The molecule has 230 valence electrons. The Morgan fingerprint density at radius 3 is 1.65 bits per heavy atom. The molecule has 6 aromatic rings. The number of benzene rings is 5. The second-order valence-electron chi connectivity index (χ2n) is 14.4. The Hall–Kier alpha value is -5.40. The molecule has 0 unspecified atom stereocenters. The van der Waals surface area contributed by atoms with Crippen LogP contribution in [0.3, 0.4) is 0 Å². The maximum atomic E-state index is 7.49. The van der Waals surface area contributed by atoms with Crippen LogP contribution in [0, 0.1) is 30.2 Å². The normalized spacial score (nSPS) is 24.3. The Morgan fingerprint density at radius 1 is 0.500 bits per heavy atom. The maximum absolute atomic E-state index is 7.49. The van der Waals surface area contributed by atoms with Crippen LogP contribution in [-0.2, 0) is 5.41 Å². The molecule has 4 saturated carbocycles. The predicted molar refractivity (Wildman–Crippen MR) is 191 cm³/mol. The first-order chi connectivity index (χ1) is 23.7. The van der Waals surface area contributed by atoms with E-state index in [1.807, 2.05) is 48.5 Å². The van der Waals surface area contributed by atoms with Gasteiger partial charge in [-0.3, -0.25) is 0 Å². The molecule has 4 bridgehead atoms. The number of rotatable bonds is 4. The van der Waals surface area contributed by atoms with E-state index >= 15 is 0 Å². The molecule has 1 heterocycles. The highest BCUT2D eigenvalue weighted by Gasteiger charge is 2.61. The topological polar surface area (TPSA) is 43.0 Å². The summed E-state index contributed by atoms with van der Waals surface area (Å²) in [6, 6.07) is 42.7. The molecule has 1 spiro atoms. The smallest absolute Gasteiger partial charge is 0.187 e. The van der Waals surface area contributed by atoms with Gasteiger partial charge in [-0.2, -0.15) is 0 Å².